The molecule has 164 valence electrons. The van der Waals surface area contributed by atoms with Gasteiger partial charge < -0.3 is 9.80 Å². The van der Waals surface area contributed by atoms with Gasteiger partial charge in [0.25, 0.3) is 0 Å². The summed E-state index contributed by atoms with van der Waals surface area (Å²) in [4.78, 5) is 24.0. The molecule has 0 amide bonds. The van der Waals surface area contributed by atoms with Crippen molar-refractivity contribution in [2.75, 3.05) is 41.7 Å². The van der Waals surface area contributed by atoms with Gasteiger partial charge in [0.1, 0.15) is 4.90 Å². The van der Waals surface area contributed by atoms with Gasteiger partial charge in [0, 0.05) is 50.7 Å². The van der Waals surface area contributed by atoms with Crippen LogP contribution in [0.5, 0.6) is 0 Å². The molecule has 3 aliphatic heterocycles. The molecule has 1 saturated heterocycles. The van der Waals surface area contributed by atoms with Crippen LogP contribution >= 0.6 is 11.6 Å². The summed E-state index contributed by atoms with van der Waals surface area (Å²) >= 11 is 5.91. The van der Waals surface area contributed by atoms with Gasteiger partial charge in [-0.3, -0.25) is 4.21 Å². The Balaban J connectivity index is 1.42. The van der Waals surface area contributed by atoms with Gasteiger partial charge in [-0.05, 0) is 24.1 Å². The van der Waals surface area contributed by atoms with Crippen LogP contribution in [0.4, 0.5) is 11.8 Å². The normalized spacial score (nSPS) is 22.9. The van der Waals surface area contributed by atoms with E-state index in [9.17, 15) is 4.21 Å². The average molecular weight is 475 g/mol. The van der Waals surface area contributed by atoms with E-state index in [0.717, 1.165) is 66.2 Å². The number of hydrogen-bond acceptors (Lipinski definition) is 7. The first kappa shape index (κ1) is 21.0. The lowest BCUT2D eigenvalue weighted by atomic mass is 10.1. The Hall–Kier alpha value is -1.84. The predicted molar refractivity (Wildman–Crippen MR) is 128 cm³/mol. The van der Waals surface area contributed by atoms with Crippen LogP contribution in [-0.4, -0.2) is 64.2 Å². The van der Waals surface area contributed by atoms with E-state index in [-0.39, 0.29) is 0 Å². The van der Waals surface area contributed by atoms with Crippen molar-refractivity contribution in [1.29, 1.82) is 0 Å². The van der Waals surface area contributed by atoms with E-state index in [2.05, 4.69) is 38.9 Å². The first-order chi connectivity index (χ1) is 14.9. The van der Waals surface area contributed by atoms with Crippen molar-refractivity contribution in [2.45, 2.75) is 42.9 Å². The molecular weight excluding hydrogens is 448 g/mol. The number of halogens is 1. The summed E-state index contributed by atoms with van der Waals surface area (Å²) in [6.07, 6.45) is 7.01. The Morgan fingerprint density at radius 3 is 2.45 bits per heavy atom. The van der Waals surface area contributed by atoms with E-state index in [1.807, 2.05) is 0 Å². The fraction of sp³-hybridized carbons (Fsp3) is 0.524. The lowest BCUT2D eigenvalue weighted by molar-refractivity contribution is 0.683. The van der Waals surface area contributed by atoms with Gasteiger partial charge in [0.2, 0.25) is 5.95 Å². The SMILES string of the molecule is C[Si]1(C)CCN(c2nc(N3CC=C(c4ncc(Cl)cn4)CC3)nc3c2S(=O)CC3)CC1. The number of aromatic nitrogens is 4. The van der Waals surface area contributed by atoms with E-state index < -0.39 is 18.9 Å². The second kappa shape index (κ2) is 8.25. The van der Waals surface area contributed by atoms with Crippen molar-refractivity contribution in [3.8, 4) is 0 Å². The van der Waals surface area contributed by atoms with Gasteiger partial charge in [-0.1, -0.05) is 30.8 Å². The molecule has 31 heavy (non-hydrogen) atoms. The monoisotopic (exact) mass is 474 g/mol. The van der Waals surface area contributed by atoms with Crippen LogP contribution in [0.25, 0.3) is 5.57 Å². The van der Waals surface area contributed by atoms with Crippen LogP contribution in [0, 0.1) is 0 Å². The highest BCUT2D eigenvalue weighted by atomic mass is 35.5. The van der Waals surface area contributed by atoms with Gasteiger partial charge in [0.15, 0.2) is 11.6 Å². The standard InChI is InChI=1S/C21H27ClN6OSSi/c1-31(2)11-8-27(9-12-31)20-18-17(5-10-30(18)29)25-21(26-20)28-6-3-15(4-7-28)19-23-13-16(22)14-24-19/h3,13-14H,4-12H2,1-2H3. The van der Waals surface area contributed by atoms with Crippen LogP contribution in [-0.2, 0) is 17.2 Å². The molecule has 1 fully saturated rings. The predicted octanol–water partition coefficient (Wildman–Crippen LogP) is 3.41. The van der Waals surface area contributed by atoms with Crippen molar-refractivity contribution >= 4 is 47.8 Å². The van der Waals surface area contributed by atoms with E-state index in [1.54, 1.807) is 12.4 Å². The summed E-state index contributed by atoms with van der Waals surface area (Å²) < 4.78 is 12.7. The molecule has 0 N–H and O–H groups in total. The zero-order valence-corrected chi connectivity index (χ0v) is 20.5. The first-order valence-electron chi connectivity index (χ1n) is 10.9. The summed E-state index contributed by atoms with van der Waals surface area (Å²) in [5, 5.41) is 0.544. The molecule has 5 heterocycles. The molecule has 5 rings (SSSR count). The van der Waals surface area contributed by atoms with E-state index in [0.29, 0.717) is 17.3 Å². The Labute approximate surface area is 191 Å². The van der Waals surface area contributed by atoms with Crippen LogP contribution in [0.15, 0.2) is 23.4 Å². The highest BCUT2D eigenvalue weighted by molar-refractivity contribution is 7.85. The highest BCUT2D eigenvalue weighted by Crippen LogP contribution is 2.35. The zero-order valence-electron chi connectivity index (χ0n) is 18.0. The molecule has 7 nitrogen and oxygen atoms in total. The molecule has 0 spiro atoms. The minimum absolute atomic E-state index is 0.544. The molecule has 0 saturated carbocycles. The zero-order chi connectivity index (χ0) is 21.6. The summed E-state index contributed by atoms with van der Waals surface area (Å²) in [5.74, 6) is 3.06. The lowest BCUT2D eigenvalue weighted by Crippen LogP contribution is -2.43. The third kappa shape index (κ3) is 4.27. The van der Waals surface area contributed by atoms with Crippen LogP contribution in [0.3, 0.4) is 0 Å². The maximum atomic E-state index is 12.7. The maximum Gasteiger partial charge on any atom is 0.227 e. The third-order valence-electron chi connectivity index (χ3n) is 6.47. The Morgan fingerprint density at radius 2 is 1.77 bits per heavy atom. The molecule has 0 aromatic carbocycles. The second-order valence-corrected chi connectivity index (χ2v) is 16.5. The number of anilines is 2. The van der Waals surface area contributed by atoms with Crippen LogP contribution < -0.4 is 9.80 Å². The van der Waals surface area contributed by atoms with Gasteiger partial charge in [-0.25, -0.2) is 15.0 Å². The van der Waals surface area contributed by atoms with E-state index in [1.165, 1.54) is 12.1 Å². The summed E-state index contributed by atoms with van der Waals surface area (Å²) in [5.41, 5.74) is 2.09. The summed E-state index contributed by atoms with van der Waals surface area (Å²) in [7, 11) is -2.09. The number of fused-ring (bicyclic) bond motifs is 1. The summed E-state index contributed by atoms with van der Waals surface area (Å²) in [6, 6.07) is 2.51. The fourth-order valence-corrected chi connectivity index (χ4v) is 7.85. The topological polar surface area (TPSA) is 75.1 Å². The van der Waals surface area contributed by atoms with Crippen LogP contribution in [0.2, 0.25) is 30.2 Å². The Morgan fingerprint density at radius 1 is 1.03 bits per heavy atom. The quantitative estimate of drug-likeness (QED) is 0.631. The molecule has 0 bridgehead atoms. The molecule has 10 heteroatoms. The molecule has 0 aliphatic carbocycles. The molecule has 3 aliphatic rings. The fourth-order valence-electron chi connectivity index (χ4n) is 4.38. The molecule has 0 radical (unpaired) electrons. The van der Waals surface area contributed by atoms with Gasteiger partial charge in [-0.2, -0.15) is 4.98 Å². The van der Waals surface area contributed by atoms with Crippen molar-refractivity contribution in [3.05, 3.63) is 35.0 Å². The smallest absolute Gasteiger partial charge is 0.227 e. The Bertz CT molecular complexity index is 1050. The van der Waals surface area contributed by atoms with Gasteiger partial charge in [0.05, 0.1) is 29.6 Å². The maximum absolute atomic E-state index is 12.7. The van der Waals surface area contributed by atoms with Crippen molar-refractivity contribution in [1.82, 2.24) is 19.9 Å². The lowest BCUT2D eigenvalue weighted by Gasteiger charge is -2.37. The van der Waals surface area contributed by atoms with Crippen molar-refractivity contribution in [2.24, 2.45) is 0 Å². The van der Waals surface area contributed by atoms with Crippen molar-refractivity contribution in [3.63, 3.8) is 0 Å². The highest BCUT2D eigenvalue weighted by Gasteiger charge is 2.34. The minimum atomic E-state index is -1.10. The molecule has 1 unspecified atom stereocenters. The largest absolute Gasteiger partial charge is 0.356 e. The Kier molecular flexibility index (Phi) is 5.60. The number of aryl methyl sites for hydroxylation is 1. The van der Waals surface area contributed by atoms with E-state index in [4.69, 9.17) is 21.6 Å². The molecule has 1 atom stereocenters. The number of rotatable bonds is 3. The van der Waals surface area contributed by atoms with Crippen LogP contribution in [0.1, 0.15) is 17.9 Å². The average Bonchev–Trinajstić information content (AvgIpc) is 3.15. The van der Waals surface area contributed by atoms with Crippen molar-refractivity contribution < 1.29 is 4.21 Å². The molecule has 2 aromatic rings. The summed E-state index contributed by atoms with van der Waals surface area (Å²) in [6.45, 7) is 8.46. The molecule has 2 aromatic heterocycles. The molecular formula is C21H27ClN6OSSi. The number of hydrogen-bond donors (Lipinski definition) is 0. The minimum Gasteiger partial charge on any atom is -0.356 e. The first-order valence-corrected chi connectivity index (χ1v) is 16.0. The van der Waals surface area contributed by atoms with E-state index >= 15 is 0 Å². The van der Waals surface area contributed by atoms with Gasteiger partial charge in [-0.15, -0.1) is 0 Å². The second-order valence-electron chi connectivity index (χ2n) is 9.22. The van der Waals surface area contributed by atoms with Gasteiger partial charge >= 0.3 is 0 Å². The third-order valence-corrected chi connectivity index (χ3v) is 11.3. The number of nitrogens with zero attached hydrogens (tertiary/aromatic N) is 6.